The van der Waals surface area contributed by atoms with E-state index in [2.05, 4.69) is 60.9 Å². The van der Waals surface area contributed by atoms with Crippen LogP contribution in [-0.2, 0) is 28.2 Å². The third-order valence-corrected chi connectivity index (χ3v) is 8.17. The zero-order valence-electron chi connectivity index (χ0n) is 32.5. The molecule has 0 aromatic heterocycles. The van der Waals surface area contributed by atoms with Crippen LogP contribution in [-0.4, -0.2) is 52.3 Å². The van der Waals surface area contributed by atoms with Crippen molar-refractivity contribution in [1.29, 1.82) is 0 Å². The third kappa shape index (κ3) is 40.0. The van der Waals surface area contributed by atoms with Gasteiger partial charge in [0, 0.05) is 12.8 Å². The predicted molar refractivity (Wildman–Crippen MR) is 217 cm³/mol. The highest BCUT2D eigenvalue weighted by Crippen LogP contribution is 2.35. The van der Waals surface area contributed by atoms with Gasteiger partial charge in [-0.1, -0.05) is 143 Å². The molecular weight excluding hydrogens is 691 g/mol. The Hall–Kier alpha value is -3.07. The lowest BCUT2D eigenvalue weighted by atomic mass is 10.1. The number of allylic oxidation sites excluding steroid dienone is 14. The van der Waals surface area contributed by atoms with E-state index in [9.17, 15) is 19.3 Å². The van der Waals surface area contributed by atoms with Crippen LogP contribution in [0.3, 0.4) is 0 Å². The summed E-state index contributed by atoms with van der Waals surface area (Å²) in [6.45, 7) is 3.38. The highest BCUT2D eigenvalue weighted by Gasteiger charge is 2.22. The molecule has 10 heteroatoms. The maximum Gasteiger partial charge on any atom is 0.469 e. The van der Waals surface area contributed by atoms with E-state index in [1.165, 1.54) is 19.3 Å². The molecule has 0 aliphatic heterocycles. The average Bonchev–Trinajstić information content (AvgIpc) is 3.12. The van der Waals surface area contributed by atoms with Gasteiger partial charge in [0.15, 0.2) is 6.10 Å². The van der Waals surface area contributed by atoms with Crippen molar-refractivity contribution in [2.45, 2.75) is 148 Å². The summed E-state index contributed by atoms with van der Waals surface area (Å²) in [6.07, 6.45) is 47.4. The minimum atomic E-state index is -4.79. The summed E-state index contributed by atoms with van der Waals surface area (Å²) in [7, 11) is -4.79. The molecule has 0 radical (unpaired) electrons. The number of carbonyl (C=O) groups excluding carboxylic acids is 2. The summed E-state index contributed by atoms with van der Waals surface area (Å²) in [5.41, 5.74) is 0. The number of esters is 2. The standard InChI is InChI=1S/C43H69O9P/c1-3-5-7-9-11-12-13-14-15-16-17-21-24-28-32-36-42(45)50-38-41(39-51-53(47,48)49)52-43(46)37-33-29-25-22-19-18-20-23-27-31-35-40(44)34-30-26-10-8-6-4-2/h6,8,11-12,14-15,18-19,23,25-27,29-31,35,40-41,44H,3-5,7,9-10,13,16-17,20-22,24,28,32-34,36-39H2,1-2H3,(H2,47,48,49)/b8-6-,12-11-,15-14-,19-18-,27-23-,29-25-,30-26-,35-31+/t40?,41-/m1/s1. The molecule has 0 amide bonds. The average molecular weight is 761 g/mol. The molecule has 0 fully saturated rings. The number of aliphatic hydroxyl groups is 1. The van der Waals surface area contributed by atoms with Crippen LogP contribution in [0.5, 0.6) is 0 Å². The van der Waals surface area contributed by atoms with Crippen molar-refractivity contribution in [3.8, 4) is 0 Å². The molecule has 9 nitrogen and oxygen atoms in total. The second kappa shape index (κ2) is 37.3. The molecule has 0 aromatic carbocycles. The molecule has 0 spiro atoms. The lowest BCUT2D eigenvalue weighted by molar-refractivity contribution is -0.161. The number of hydrogen-bond acceptors (Lipinski definition) is 7. The lowest BCUT2D eigenvalue weighted by Gasteiger charge is -2.18. The first-order valence-corrected chi connectivity index (χ1v) is 21.2. The van der Waals surface area contributed by atoms with Crippen molar-refractivity contribution in [3.05, 3.63) is 97.2 Å². The molecule has 0 aliphatic carbocycles. The van der Waals surface area contributed by atoms with Crippen LogP contribution < -0.4 is 0 Å². The van der Waals surface area contributed by atoms with Gasteiger partial charge in [0.05, 0.1) is 12.7 Å². The first-order valence-electron chi connectivity index (χ1n) is 19.6. The van der Waals surface area contributed by atoms with Gasteiger partial charge < -0.3 is 24.4 Å². The summed E-state index contributed by atoms with van der Waals surface area (Å²) in [6, 6.07) is 0. The molecule has 0 bridgehead atoms. The Kier molecular flexibility index (Phi) is 35.1. The molecule has 0 aliphatic rings. The molecule has 0 rings (SSSR count). The summed E-state index contributed by atoms with van der Waals surface area (Å²) < 4.78 is 26.2. The third-order valence-electron chi connectivity index (χ3n) is 7.68. The molecule has 3 N–H and O–H groups in total. The number of phosphoric acid groups is 1. The number of ether oxygens (including phenoxy) is 2. The van der Waals surface area contributed by atoms with Crippen LogP contribution in [0, 0.1) is 0 Å². The van der Waals surface area contributed by atoms with Gasteiger partial charge in [0.2, 0.25) is 0 Å². The Balaban J connectivity index is 4.20. The highest BCUT2D eigenvalue weighted by atomic mass is 31.2. The Bertz CT molecular complexity index is 1190. The van der Waals surface area contributed by atoms with E-state index in [0.717, 1.165) is 64.2 Å². The van der Waals surface area contributed by atoms with Crippen LogP contribution in [0.25, 0.3) is 0 Å². The fourth-order valence-corrected chi connectivity index (χ4v) is 5.11. The zero-order valence-corrected chi connectivity index (χ0v) is 33.4. The van der Waals surface area contributed by atoms with Gasteiger partial charge in [0.1, 0.15) is 6.61 Å². The predicted octanol–water partition coefficient (Wildman–Crippen LogP) is 10.8. The monoisotopic (exact) mass is 760 g/mol. The van der Waals surface area contributed by atoms with Crippen LogP contribution in [0.2, 0.25) is 0 Å². The number of rotatable bonds is 34. The van der Waals surface area contributed by atoms with E-state index in [-0.39, 0.29) is 19.4 Å². The van der Waals surface area contributed by atoms with E-state index in [0.29, 0.717) is 25.7 Å². The number of phosphoric ester groups is 1. The second-order valence-corrected chi connectivity index (χ2v) is 14.0. The van der Waals surface area contributed by atoms with Crippen molar-refractivity contribution in [1.82, 2.24) is 0 Å². The largest absolute Gasteiger partial charge is 0.469 e. The number of unbranched alkanes of at least 4 members (excludes halogenated alkanes) is 8. The molecular formula is C43H69O9P. The van der Waals surface area contributed by atoms with Crippen molar-refractivity contribution < 1.29 is 43.0 Å². The van der Waals surface area contributed by atoms with Gasteiger partial charge >= 0.3 is 19.8 Å². The Labute approximate surface area is 320 Å². The summed E-state index contributed by atoms with van der Waals surface area (Å²) in [5.74, 6) is -1.04. The topological polar surface area (TPSA) is 140 Å². The highest BCUT2D eigenvalue weighted by molar-refractivity contribution is 7.46. The maximum atomic E-state index is 12.4. The first-order chi connectivity index (χ1) is 25.7. The quantitative estimate of drug-likeness (QED) is 0.0192. The minimum absolute atomic E-state index is 0.0547. The summed E-state index contributed by atoms with van der Waals surface area (Å²) >= 11 is 0. The number of aliphatic hydroxyl groups excluding tert-OH is 1. The molecule has 0 aromatic rings. The van der Waals surface area contributed by atoms with Crippen molar-refractivity contribution >= 4 is 19.8 Å². The molecule has 2 atom stereocenters. The first kappa shape index (κ1) is 49.9. The van der Waals surface area contributed by atoms with Crippen molar-refractivity contribution in [2.24, 2.45) is 0 Å². The fourth-order valence-electron chi connectivity index (χ4n) is 4.75. The SMILES string of the molecule is CC/C=C\C/C=C\CC(O)/C=C/C=C\C/C=C\C/C=C\CCC(=O)O[C@H](COC(=O)CCCCCCC/C=C\C/C=C\CCCCC)COP(=O)(O)O. The van der Waals surface area contributed by atoms with Gasteiger partial charge in [-0.15, -0.1) is 0 Å². The normalized spacial score (nSPS) is 14.1. The van der Waals surface area contributed by atoms with E-state index in [1.54, 1.807) is 6.08 Å². The molecule has 0 saturated heterocycles. The van der Waals surface area contributed by atoms with E-state index in [1.807, 2.05) is 48.6 Å². The Morgan fingerprint density at radius 1 is 0.604 bits per heavy atom. The minimum Gasteiger partial charge on any atom is -0.462 e. The Morgan fingerprint density at radius 3 is 1.83 bits per heavy atom. The molecule has 0 saturated carbocycles. The molecule has 300 valence electrons. The van der Waals surface area contributed by atoms with Crippen LogP contribution in [0.4, 0.5) is 0 Å². The summed E-state index contributed by atoms with van der Waals surface area (Å²) in [5, 5.41) is 9.97. The maximum absolute atomic E-state index is 12.4. The van der Waals surface area contributed by atoms with Crippen LogP contribution in [0.1, 0.15) is 136 Å². The smallest absolute Gasteiger partial charge is 0.462 e. The van der Waals surface area contributed by atoms with Crippen molar-refractivity contribution in [3.63, 3.8) is 0 Å². The van der Waals surface area contributed by atoms with Crippen molar-refractivity contribution in [2.75, 3.05) is 13.2 Å². The molecule has 53 heavy (non-hydrogen) atoms. The van der Waals surface area contributed by atoms with Crippen LogP contribution in [0.15, 0.2) is 97.2 Å². The van der Waals surface area contributed by atoms with E-state index < -0.39 is 38.6 Å². The fraction of sp³-hybridized carbons (Fsp3) is 0.581. The Morgan fingerprint density at radius 2 is 1.17 bits per heavy atom. The van der Waals surface area contributed by atoms with Gasteiger partial charge in [-0.2, -0.15) is 0 Å². The van der Waals surface area contributed by atoms with Gasteiger partial charge in [0.25, 0.3) is 0 Å². The number of hydrogen-bond donors (Lipinski definition) is 3. The van der Waals surface area contributed by atoms with Gasteiger partial charge in [-0.05, 0) is 77.0 Å². The second-order valence-electron chi connectivity index (χ2n) is 12.7. The van der Waals surface area contributed by atoms with Crippen LogP contribution >= 0.6 is 7.82 Å². The van der Waals surface area contributed by atoms with Gasteiger partial charge in [-0.25, -0.2) is 4.57 Å². The van der Waals surface area contributed by atoms with Gasteiger partial charge in [-0.3, -0.25) is 14.1 Å². The summed E-state index contributed by atoms with van der Waals surface area (Å²) in [4.78, 5) is 42.7. The zero-order chi connectivity index (χ0) is 39.1. The molecule has 1 unspecified atom stereocenters. The lowest BCUT2D eigenvalue weighted by Crippen LogP contribution is -2.29. The van der Waals surface area contributed by atoms with E-state index in [4.69, 9.17) is 19.3 Å². The molecule has 0 heterocycles. The number of carbonyl (C=O) groups is 2. The van der Waals surface area contributed by atoms with E-state index >= 15 is 0 Å².